The molecule has 0 atom stereocenters. The first kappa shape index (κ1) is 27.2. The zero-order chi connectivity index (χ0) is 25.2. The van der Waals surface area contributed by atoms with Crippen LogP contribution in [0.15, 0.2) is 81.6 Å². The molecular weight excluding hydrogens is 484 g/mol. The summed E-state index contributed by atoms with van der Waals surface area (Å²) in [7, 11) is -7.53. The highest BCUT2D eigenvalue weighted by Crippen LogP contribution is 2.18. The van der Waals surface area contributed by atoms with E-state index in [1.165, 1.54) is 24.3 Å². The summed E-state index contributed by atoms with van der Waals surface area (Å²) in [4.78, 5) is 23.5. The molecule has 0 unspecified atom stereocenters. The largest absolute Gasteiger partial charge is 0.478 e. The molecule has 0 aliphatic heterocycles. The van der Waals surface area contributed by atoms with Gasteiger partial charge in [-0.25, -0.2) is 35.9 Å². The number of hydrogen-bond donors (Lipinski definition) is 4. The van der Waals surface area contributed by atoms with Gasteiger partial charge in [-0.05, 0) is 49.9 Å². The van der Waals surface area contributed by atoms with E-state index in [1.807, 2.05) is 0 Å². The molecule has 184 valence electrons. The van der Waals surface area contributed by atoms with Crippen LogP contribution in [0.1, 0.15) is 25.7 Å². The highest BCUT2D eigenvalue weighted by molar-refractivity contribution is 7.89. The first-order chi connectivity index (χ1) is 16.0. The van der Waals surface area contributed by atoms with Crippen LogP contribution in [0, 0.1) is 0 Å². The molecule has 4 N–H and O–H groups in total. The fraction of sp³-hybridized carbons (Fsp3) is 0.273. The van der Waals surface area contributed by atoms with Crippen molar-refractivity contribution in [3.8, 4) is 0 Å². The van der Waals surface area contributed by atoms with Crippen molar-refractivity contribution in [2.24, 2.45) is 0 Å². The van der Waals surface area contributed by atoms with Crippen molar-refractivity contribution >= 4 is 32.0 Å². The van der Waals surface area contributed by atoms with Crippen molar-refractivity contribution < 1.29 is 36.6 Å². The van der Waals surface area contributed by atoms with Gasteiger partial charge in [0.15, 0.2) is 0 Å². The fourth-order valence-electron chi connectivity index (χ4n) is 3.08. The van der Waals surface area contributed by atoms with E-state index in [4.69, 9.17) is 0 Å². The Kier molecular flexibility index (Phi) is 9.93. The minimum Gasteiger partial charge on any atom is -0.478 e. The number of aliphatic carboxylic acids is 2. The molecule has 0 saturated heterocycles. The van der Waals surface area contributed by atoms with Crippen LogP contribution in [0.25, 0.3) is 0 Å². The summed E-state index contributed by atoms with van der Waals surface area (Å²) in [6, 6.07) is 15.3. The van der Waals surface area contributed by atoms with Crippen LogP contribution in [0.4, 0.5) is 0 Å². The predicted molar refractivity (Wildman–Crippen MR) is 124 cm³/mol. The highest BCUT2D eigenvalue weighted by Gasteiger charge is 2.21. The molecular formula is C22H26N2O8S2. The van der Waals surface area contributed by atoms with E-state index >= 15 is 0 Å². The smallest absolute Gasteiger partial charge is 0.332 e. The third-order valence-electron chi connectivity index (χ3n) is 4.78. The quantitative estimate of drug-likeness (QED) is 0.221. The maximum atomic E-state index is 12.2. The van der Waals surface area contributed by atoms with Crippen molar-refractivity contribution in [3.63, 3.8) is 0 Å². The molecule has 0 fully saturated rings. The fourth-order valence-corrected chi connectivity index (χ4v) is 5.27. The first-order valence-corrected chi connectivity index (χ1v) is 13.3. The minimum absolute atomic E-state index is 0.0606. The number of rotatable bonds is 14. The number of nitrogens with one attached hydrogen (secondary N) is 2. The summed E-state index contributed by atoms with van der Waals surface area (Å²) in [6.45, 7) is -0.171. The normalized spacial score (nSPS) is 12.7. The molecule has 12 heteroatoms. The molecule has 2 aromatic rings. The minimum atomic E-state index is -3.76. The standard InChI is InChI=1S/C22H26N2O8S2/c25-21(26)19(13-7-15-23-33(29,30)17-9-3-1-4-10-17)20(22(27)28)14-8-16-24-34(31,32)18-11-5-2-6-12-18/h1-6,9-12,23-24H,7-8,13-16H2,(H,25,26)(H,27,28). The number of sulfonamides is 2. The molecule has 0 amide bonds. The SMILES string of the molecule is O=C(O)C(CCCNS(=O)(=O)c1ccccc1)=C(CCCNS(=O)(=O)c1ccccc1)C(=O)O. The molecule has 0 aliphatic rings. The van der Waals surface area contributed by atoms with Crippen molar-refractivity contribution in [2.75, 3.05) is 13.1 Å². The molecule has 0 heterocycles. The second-order valence-corrected chi connectivity index (χ2v) is 10.7. The van der Waals surface area contributed by atoms with Gasteiger partial charge in [0.1, 0.15) is 0 Å². The van der Waals surface area contributed by atoms with E-state index in [9.17, 15) is 36.6 Å². The Morgan fingerprint density at radius 2 is 0.941 bits per heavy atom. The van der Waals surface area contributed by atoms with E-state index in [-0.39, 0.29) is 59.7 Å². The van der Waals surface area contributed by atoms with Gasteiger partial charge in [0.25, 0.3) is 0 Å². The van der Waals surface area contributed by atoms with Crippen LogP contribution in [0.2, 0.25) is 0 Å². The molecule has 2 rings (SSSR count). The maximum absolute atomic E-state index is 12.2. The van der Waals surface area contributed by atoms with Gasteiger partial charge in [-0.2, -0.15) is 0 Å². The second-order valence-electron chi connectivity index (χ2n) is 7.20. The number of carboxylic acid groups (broad SMARTS) is 2. The van der Waals surface area contributed by atoms with Gasteiger partial charge in [0.2, 0.25) is 20.0 Å². The zero-order valence-electron chi connectivity index (χ0n) is 18.2. The van der Waals surface area contributed by atoms with Crippen molar-refractivity contribution in [3.05, 3.63) is 71.8 Å². The number of carboxylic acids is 2. The highest BCUT2D eigenvalue weighted by atomic mass is 32.2. The van der Waals surface area contributed by atoms with Gasteiger partial charge < -0.3 is 10.2 Å². The van der Waals surface area contributed by atoms with Crippen molar-refractivity contribution in [1.29, 1.82) is 0 Å². The van der Waals surface area contributed by atoms with Gasteiger partial charge >= 0.3 is 11.9 Å². The van der Waals surface area contributed by atoms with Crippen molar-refractivity contribution in [2.45, 2.75) is 35.5 Å². The second kappa shape index (κ2) is 12.4. The van der Waals surface area contributed by atoms with Crippen LogP contribution in [-0.4, -0.2) is 52.1 Å². The molecule has 10 nitrogen and oxygen atoms in total. The van der Waals surface area contributed by atoms with Crippen LogP contribution in [0.3, 0.4) is 0 Å². The molecule has 0 bridgehead atoms. The molecule has 0 aromatic heterocycles. The third-order valence-corrected chi connectivity index (χ3v) is 7.73. The molecule has 0 spiro atoms. The number of hydrogen-bond acceptors (Lipinski definition) is 6. The molecule has 0 aliphatic carbocycles. The molecule has 0 radical (unpaired) electrons. The lowest BCUT2D eigenvalue weighted by Crippen LogP contribution is -2.25. The van der Waals surface area contributed by atoms with Gasteiger partial charge in [0, 0.05) is 24.2 Å². The molecule has 2 aromatic carbocycles. The van der Waals surface area contributed by atoms with Gasteiger partial charge in [-0.1, -0.05) is 36.4 Å². The molecule has 34 heavy (non-hydrogen) atoms. The van der Waals surface area contributed by atoms with E-state index in [0.717, 1.165) is 0 Å². The third kappa shape index (κ3) is 8.06. The topological polar surface area (TPSA) is 167 Å². The average molecular weight is 511 g/mol. The number of benzene rings is 2. The maximum Gasteiger partial charge on any atom is 0.332 e. The van der Waals surface area contributed by atoms with Crippen LogP contribution < -0.4 is 9.44 Å². The lowest BCUT2D eigenvalue weighted by molar-refractivity contribution is -0.136. The lowest BCUT2D eigenvalue weighted by atomic mass is 9.99. The summed E-state index contributed by atoms with van der Waals surface area (Å²) >= 11 is 0. The Balaban J connectivity index is 1.96. The van der Waals surface area contributed by atoms with Gasteiger partial charge in [-0.15, -0.1) is 0 Å². The monoisotopic (exact) mass is 510 g/mol. The summed E-state index contributed by atoms with van der Waals surface area (Å²) in [5.41, 5.74) is -0.699. The Morgan fingerprint density at radius 3 is 1.24 bits per heavy atom. The first-order valence-electron chi connectivity index (χ1n) is 10.3. The summed E-state index contributed by atoms with van der Waals surface area (Å²) in [5, 5.41) is 19.0. The Bertz CT molecular complexity index is 1130. The van der Waals surface area contributed by atoms with Gasteiger partial charge in [-0.3, -0.25) is 0 Å². The summed E-state index contributed by atoms with van der Waals surface area (Å²) < 4.78 is 53.6. The Morgan fingerprint density at radius 1 is 0.618 bits per heavy atom. The van der Waals surface area contributed by atoms with E-state index in [0.29, 0.717) is 0 Å². The van der Waals surface area contributed by atoms with Crippen molar-refractivity contribution in [1.82, 2.24) is 9.44 Å². The van der Waals surface area contributed by atoms with Crippen LogP contribution in [-0.2, 0) is 29.6 Å². The summed E-state index contributed by atoms with van der Waals surface area (Å²) in [5.74, 6) is -2.85. The average Bonchev–Trinajstić information content (AvgIpc) is 2.80. The predicted octanol–water partition coefficient (Wildman–Crippen LogP) is 1.97. The van der Waals surface area contributed by atoms with Gasteiger partial charge in [0.05, 0.1) is 9.79 Å². The Labute approximate surface area is 198 Å². The molecule has 0 saturated carbocycles. The van der Waals surface area contributed by atoms with E-state index in [2.05, 4.69) is 9.44 Å². The van der Waals surface area contributed by atoms with Crippen LogP contribution >= 0.6 is 0 Å². The zero-order valence-corrected chi connectivity index (χ0v) is 19.8. The lowest BCUT2D eigenvalue weighted by Gasteiger charge is -2.11. The van der Waals surface area contributed by atoms with E-state index < -0.39 is 32.0 Å². The van der Waals surface area contributed by atoms with Crippen LogP contribution in [0.5, 0.6) is 0 Å². The van der Waals surface area contributed by atoms with E-state index in [1.54, 1.807) is 36.4 Å². The summed E-state index contributed by atoms with van der Waals surface area (Å²) in [6.07, 6.45) is -0.232. The number of carbonyl (C=O) groups is 2. The Hall–Kier alpha value is -3.06.